The van der Waals surface area contributed by atoms with Crippen molar-refractivity contribution in [2.45, 2.75) is 36.5 Å². The number of hydrogen-bond acceptors (Lipinski definition) is 4. The molecule has 2 aromatic rings. The molecule has 0 fully saturated rings. The largest absolute Gasteiger partial charge is 0.343 e. The highest BCUT2D eigenvalue weighted by Crippen LogP contribution is 2.26. The van der Waals surface area contributed by atoms with Crippen LogP contribution in [0.4, 0.5) is 0 Å². The fraction of sp³-hybridized carbons (Fsp3) is 0.385. The Morgan fingerprint density at radius 3 is 2.68 bits per heavy atom. The van der Waals surface area contributed by atoms with E-state index in [2.05, 4.69) is 34.6 Å². The van der Waals surface area contributed by atoms with E-state index in [1.165, 1.54) is 17.3 Å². The van der Waals surface area contributed by atoms with Gasteiger partial charge >= 0.3 is 5.69 Å². The first-order valence-corrected chi connectivity index (χ1v) is 7.07. The van der Waals surface area contributed by atoms with Crippen LogP contribution in [-0.2, 0) is 6.54 Å². The Morgan fingerprint density at radius 1 is 1.42 bits per heavy atom. The van der Waals surface area contributed by atoms with E-state index >= 15 is 0 Å². The molecule has 102 valence electrons. The fourth-order valence-corrected chi connectivity index (χ4v) is 2.65. The van der Waals surface area contributed by atoms with Crippen LogP contribution in [0.3, 0.4) is 0 Å². The molecule has 1 atom stereocenters. The molecule has 0 spiro atoms. The maximum Gasteiger partial charge on any atom is 0.343 e. The van der Waals surface area contributed by atoms with Gasteiger partial charge in [0.2, 0.25) is 0 Å². The van der Waals surface area contributed by atoms with Gasteiger partial charge in [0.05, 0.1) is 0 Å². The molecule has 1 aromatic heterocycles. The molecule has 0 bridgehead atoms. The van der Waals surface area contributed by atoms with Gasteiger partial charge in [-0.3, -0.25) is 4.57 Å². The first-order valence-electron chi connectivity index (χ1n) is 6.26. The molecule has 1 unspecified atom stereocenters. The van der Waals surface area contributed by atoms with Crippen molar-refractivity contribution in [3.05, 3.63) is 40.3 Å². The van der Waals surface area contributed by atoms with Crippen LogP contribution in [0.25, 0.3) is 0 Å². The minimum absolute atomic E-state index is 0.162. The molecule has 0 radical (unpaired) electrons. The third-order valence-corrected chi connectivity index (χ3v) is 4.06. The summed E-state index contributed by atoms with van der Waals surface area (Å²) in [4.78, 5) is 12.5. The summed E-state index contributed by atoms with van der Waals surface area (Å²) in [6, 6.07) is 8.60. The van der Waals surface area contributed by atoms with Gasteiger partial charge < -0.3 is 5.32 Å². The van der Waals surface area contributed by atoms with Crippen LogP contribution in [0.1, 0.15) is 25.5 Å². The van der Waals surface area contributed by atoms with E-state index in [-0.39, 0.29) is 5.69 Å². The highest BCUT2D eigenvalue weighted by molar-refractivity contribution is 7.99. The summed E-state index contributed by atoms with van der Waals surface area (Å²) in [7, 11) is 1.94. The zero-order valence-electron chi connectivity index (χ0n) is 11.3. The molecule has 0 saturated carbocycles. The molecule has 0 aliphatic heterocycles. The molecule has 1 heterocycles. The Balaban J connectivity index is 2.17. The Morgan fingerprint density at radius 2 is 2.11 bits per heavy atom. The van der Waals surface area contributed by atoms with E-state index in [1.807, 2.05) is 26.1 Å². The predicted octanol–water partition coefficient (Wildman–Crippen LogP) is 2.02. The smallest absolute Gasteiger partial charge is 0.313 e. The van der Waals surface area contributed by atoms with Gasteiger partial charge in [0, 0.05) is 17.5 Å². The quantitative estimate of drug-likeness (QED) is 0.878. The zero-order chi connectivity index (χ0) is 13.8. The van der Waals surface area contributed by atoms with Gasteiger partial charge in [-0.2, -0.15) is 0 Å². The van der Waals surface area contributed by atoms with Crippen molar-refractivity contribution < 1.29 is 0 Å². The molecule has 0 amide bonds. The minimum Gasteiger partial charge on any atom is -0.313 e. The molecule has 0 saturated heterocycles. The van der Waals surface area contributed by atoms with Crippen molar-refractivity contribution in [1.82, 2.24) is 20.1 Å². The van der Waals surface area contributed by atoms with Gasteiger partial charge in [-0.25, -0.2) is 9.89 Å². The van der Waals surface area contributed by atoms with Crippen molar-refractivity contribution >= 4 is 11.8 Å². The SMILES string of the molecule is CCn1c(Sc2ccc(C(C)NC)cc2)n[nH]c1=O. The highest BCUT2D eigenvalue weighted by Gasteiger charge is 2.09. The third kappa shape index (κ3) is 3.08. The van der Waals surface area contributed by atoms with Crippen molar-refractivity contribution in [3.8, 4) is 0 Å². The van der Waals surface area contributed by atoms with Crippen molar-refractivity contribution in [1.29, 1.82) is 0 Å². The molecular formula is C13H18N4OS. The summed E-state index contributed by atoms with van der Waals surface area (Å²) >= 11 is 1.49. The summed E-state index contributed by atoms with van der Waals surface area (Å²) < 4.78 is 1.62. The second kappa shape index (κ2) is 6.08. The summed E-state index contributed by atoms with van der Waals surface area (Å²) in [5.74, 6) is 0. The van der Waals surface area contributed by atoms with E-state index < -0.39 is 0 Å². The van der Waals surface area contributed by atoms with Gasteiger partial charge in [-0.05, 0) is 50.4 Å². The molecule has 19 heavy (non-hydrogen) atoms. The maximum atomic E-state index is 11.5. The van der Waals surface area contributed by atoms with Crippen LogP contribution >= 0.6 is 11.8 Å². The lowest BCUT2D eigenvalue weighted by molar-refractivity contribution is 0.651. The third-order valence-electron chi connectivity index (χ3n) is 3.06. The standard InChI is InChI=1S/C13H18N4OS/c1-4-17-12(18)15-16-13(17)19-11-7-5-10(6-8-11)9(2)14-3/h5-9,14H,4H2,1-3H3,(H,15,18). The van der Waals surface area contributed by atoms with Gasteiger partial charge in [0.1, 0.15) is 0 Å². The molecule has 5 nitrogen and oxygen atoms in total. The average Bonchev–Trinajstić information content (AvgIpc) is 2.79. The lowest BCUT2D eigenvalue weighted by atomic mass is 10.1. The number of aromatic amines is 1. The lowest BCUT2D eigenvalue weighted by Crippen LogP contribution is -2.16. The number of nitrogens with one attached hydrogen (secondary N) is 2. The van der Waals surface area contributed by atoms with Gasteiger partial charge in [0.25, 0.3) is 0 Å². The minimum atomic E-state index is -0.162. The second-order valence-electron chi connectivity index (χ2n) is 4.24. The monoisotopic (exact) mass is 278 g/mol. The molecule has 0 aliphatic rings. The molecular weight excluding hydrogens is 260 g/mol. The van der Waals surface area contributed by atoms with Crippen molar-refractivity contribution in [2.24, 2.45) is 0 Å². The van der Waals surface area contributed by atoms with Crippen LogP contribution in [0.15, 0.2) is 39.1 Å². The summed E-state index contributed by atoms with van der Waals surface area (Å²) in [5, 5.41) is 10.4. The second-order valence-corrected chi connectivity index (χ2v) is 5.28. The lowest BCUT2D eigenvalue weighted by Gasteiger charge is -2.10. The van der Waals surface area contributed by atoms with E-state index in [0.29, 0.717) is 17.7 Å². The summed E-state index contributed by atoms with van der Waals surface area (Å²) in [5.41, 5.74) is 1.08. The first-order chi connectivity index (χ1) is 9.15. The fourth-order valence-electron chi connectivity index (χ4n) is 1.76. The molecule has 6 heteroatoms. The average molecular weight is 278 g/mol. The topological polar surface area (TPSA) is 62.7 Å². The van der Waals surface area contributed by atoms with E-state index in [1.54, 1.807) is 4.57 Å². The highest BCUT2D eigenvalue weighted by atomic mass is 32.2. The van der Waals surface area contributed by atoms with E-state index in [9.17, 15) is 4.79 Å². The molecule has 2 N–H and O–H groups in total. The predicted molar refractivity (Wildman–Crippen MR) is 76.6 cm³/mol. The van der Waals surface area contributed by atoms with Crippen LogP contribution < -0.4 is 11.0 Å². The number of nitrogens with zero attached hydrogens (tertiary/aromatic N) is 2. The van der Waals surface area contributed by atoms with E-state index in [0.717, 1.165) is 4.90 Å². The van der Waals surface area contributed by atoms with E-state index in [4.69, 9.17) is 0 Å². The Kier molecular flexibility index (Phi) is 4.44. The number of benzene rings is 1. The summed E-state index contributed by atoms with van der Waals surface area (Å²) in [6.45, 7) is 4.66. The van der Waals surface area contributed by atoms with Crippen LogP contribution in [-0.4, -0.2) is 21.8 Å². The van der Waals surface area contributed by atoms with Crippen molar-refractivity contribution in [2.75, 3.05) is 7.05 Å². The molecule has 0 aliphatic carbocycles. The number of hydrogen-bond donors (Lipinski definition) is 2. The van der Waals surface area contributed by atoms with Gasteiger partial charge in [-0.1, -0.05) is 12.1 Å². The molecule has 2 rings (SSSR count). The number of aromatic nitrogens is 3. The first kappa shape index (κ1) is 13.9. The number of H-pyrrole nitrogens is 1. The van der Waals surface area contributed by atoms with Crippen LogP contribution in [0.5, 0.6) is 0 Å². The van der Waals surface area contributed by atoms with Crippen LogP contribution in [0, 0.1) is 0 Å². The number of rotatable bonds is 5. The zero-order valence-corrected chi connectivity index (χ0v) is 12.1. The summed E-state index contributed by atoms with van der Waals surface area (Å²) in [6.07, 6.45) is 0. The Hall–Kier alpha value is -1.53. The van der Waals surface area contributed by atoms with Crippen molar-refractivity contribution in [3.63, 3.8) is 0 Å². The normalized spacial score (nSPS) is 12.6. The Labute approximate surface area is 116 Å². The van der Waals surface area contributed by atoms with Gasteiger partial charge in [-0.15, -0.1) is 5.10 Å². The maximum absolute atomic E-state index is 11.5. The molecule has 1 aromatic carbocycles. The van der Waals surface area contributed by atoms with Gasteiger partial charge in [0.15, 0.2) is 5.16 Å². The Bertz CT molecular complexity index is 587. The van der Waals surface area contributed by atoms with Crippen LogP contribution in [0.2, 0.25) is 0 Å².